The van der Waals surface area contributed by atoms with Gasteiger partial charge in [0.05, 0.1) is 22.0 Å². The quantitative estimate of drug-likeness (QED) is 0.507. The Morgan fingerprint density at radius 1 is 1.23 bits per heavy atom. The number of aromatic nitrogens is 1. The third-order valence-electron chi connectivity index (χ3n) is 3.54. The molecule has 26 heavy (non-hydrogen) atoms. The predicted molar refractivity (Wildman–Crippen MR) is 90.7 cm³/mol. The van der Waals surface area contributed by atoms with Crippen molar-refractivity contribution in [2.75, 3.05) is 0 Å². The van der Waals surface area contributed by atoms with Gasteiger partial charge in [0.15, 0.2) is 5.76 Å². The number of hydrogen-bond donors (Lipinski definition) is 0. The average Bonchev–Trinajstić information content (AvgIpc) is 3.20. The molecule has 0 saturated heterocycles. The van der Waals surface area contributed by atoms with Gasteiger partial charge in [-0.3, -0.25) is 9.36 Å². The second-order valence-corrected chi connectivity index (χ2v) is 6.35. The van der Waals surface area contributed by atoms with Crippen LogP contribution in [0, 0.1) is 11.3 Å². The van der Waals surface area contributed by atoms with Gasteiger partial charge in [-0.05, 0) is 40.2 Å². The molecule has 0 fully saturated rings. The Kier molecular flexibility index (Phi) is 4.69. The number of benzene rings is 1. The van der Waals surface area contributed by atoms with Crippen LogP contribution in [0.2, 0.25) is 5.02 Å². The van der Waals surface area contributed by atoms with E-state index in [0.29, 0.717) is 9.59 Å². The summed E-state index contributed by atoms with van der Waals surface area (Å²) < 4.78 is 45.8. The fraction of sp³-hybridized carbons (Fsp3) is 0.0588. The average molecular weight is 444 g/mol. The molecule has 9 heteroatoms. The number of halogens is 5. The molecule has 0 radical (unpaired) electrons. The molecule has 3 rings (SSSR count). The van der Waals surface area contributed by atoms with Crippen LogP contribution >= 0.6 is 27.5 Å². The molecule has 0 aliphatic carbocycles. The van der Waals surface area contributed by atoms with Crippen molar-refractivity contribution in [2.45, 2.75) is 6.18 Å². The Hall–Kier alpha value is -2.50. The van der Waals surface area contributed by atoms with Crippen LogP contribution in [-0.4, -0.2) is 10.5 Å². The lowest BCUT2D eigenvalue weighted by molar-refractivity contribution is -0.143. The van der Waals surface area contributed by atoms with Crippen LogP contribution in [0.1, 0.15) is 21.8 Å². The number of nitrogens with zero attached hydrogens (tertiary/aromatic N) is 2. The minimum Gasteiger partial charge on any atom is -0.459 e. The Labute approximate surface area is 158 Å². The molecule has 0 aliphatic heterocycles. The molecule has 0 spiro atoms. The largest absolute Gasteiger partial charge is 0.459 e. The standard InChI is InChI=1S/C17H7BrClF3N2O2/c18-13-11(8-23)14(9-3-5-10(19)6-4-9)24(15(13)17(20,21)22)16(25)12-2-1-7-26-12/h1-7H. The first-order valence-electron chi connectivity index (χ1n) is 7.01. The minimum absolute atomic E-state index is 0.204. The minimum atomic E-state index is -4.89. The van der Waals surface area contributed by atoms with E-state index < -0.39 is 22.3 Å². The van der Waals surface area contributed by atoms with E-state index in [1.165, 1.54) is 42.7 Å². The molecule has 2 aromatic heterocycles. The number of alkyl halides is 3. The lowest BCUT2D eigenvalue weighted by Crippen LogP contribution is -2.21. The van der Waals surface area contributed by atoms with Crippen LogP contribution in [0.25, 0.3) is 11.3 Å². The molecule has 0 saturated carbocycles. The summed E-state index contributed by atoms with van der Waals surface area (Å²) in [5.74, 6) is -1.34. The van der Waals surface area contributed by atoms with Gasteiger partial charge in [-0.1, -0.05) is 23.7 Å². The molecule has 0 N–H and O–H groups in total. The number of carbonyl (C=O) groups excluding carboxylic acids is 1. The fourth-order valence-corrected chi connectivity index (χ4v) is 3.30. The van der Waals surface area contributed by atoms with Crippen molar-refractivity contribution in [1.82, 2.24) is 4.57 Å². The topological polar surface area (TPSA) is 58.9 Å². The summed E-state index contributed by atoms with van der Waals surface area (Å²) in [6, 6.07) is 10.1. The van der Waals surface area contributed by atoms with E-state index in [0.717, 1.165) is 0 Å². The normalized spacial score (nSPS) is 11.4. The van der Waals surface area contributed by atoms with Crippen LogP contribution in [0.3, 0.4) is 0 Å². The van der Waals surface area contributed by atoms with Crippen LogP contribution in [-0.2, 0) is 6.18 Å². The first-order valence-corrected chi connectivity index (χ1v) is 8.18. The number of furan rings is 1. The molecular weight excluding hydrogens is 437 g/mol. The van der Waals surface area contributed by atoms with Crippen molar-refractivity contribution < 1.29 is 22.4 Å². The van der Waals surface area contributed by atoms with Crippen molar-refractivity contribution in [3.05, 3.63) is 69.2 Å². The SMILES string of the molecule is N#Cc1c(Br)c(C(F)(F)F)n(C(=O)c2ccco2)c1-c1ccc(Cl)cc1. The highest BCUT2D eigenvalue weighted by atomic mass is 79.9. The van der Waals surface area contributed by atoms with Crippen molar-refractivity contribution >= 4 is 33.4 Å². The van der Waals surface area contributed by atoms with Gasteiger partial charge in [0.1, 0.15) is 11.8 Å². The Morgan fingerprint density at radius 3 is 2.38 bits per heavy atom. The molecule has 132 valence electrons. The van der Waals surface area contributed by atoms with Gasteiger partial charge in [0.2, 0.25) is 0 Å². The van der Waals surface area contributed by atoms with Crippen molar-refractivity contribution in [1.29, 1.82) is 5.26 Å². The number of carbonyl (C=O) groups is 1. The second-order valence-electron chi connectivity index (χ2n) is 5.12. The van der Waals surface area contributed by atoms with E-state index in [2.05, 4.69) is 15.9 Å². The number of rotatable bonds is 2. The van der Waals surface area contributed by atoms with Gasteiger partial charge in [0, 0.05) is 10.6 Å². The maximum absolute atomic E-state index is 13.7. The van der Waals surface area contributed by atoms with Gasteiger partial charge in [-0.2, -0.15) is 18.4 Å². The molecule has 2 heterocycles. The summed E-state index contributed by atoms with van der Waals surface area (Å²) in [7, 11) is 0. The zero-order valence-corrected chi connectivity index (χ0v) is 15.0. The van der Waals surface area contributed by atoms with Gasteiger partial charge in [-0.15, -0.1) is 0 Å². The van der Waals surface area contributed by atoms with Crippen LogP contribution in [0.4, 0.5) is 13.2 Å². The molecule has 3 aromatic rings. The van der Waals surface area contributed by atoms with E-state index in [1.807, 2.05) is 0 Å². The van der Waals surface area contributed by atoms with Gasteiger partial charge in [0.25, 0.3) is 5.91 Å². The highest BCUT2D eigenvalue weighted by molar-refractivity contribution is 9.10. The van der Waals surface area contributed by atoms with E-state index in [9.17, 15) is 23.2 Å². The van der Waals surface area contributed by atoms with E-state index >= 15 is 0 Å². The molecule has 0 amide bonds. The first-order chi connectivity index (χ1) is 12.3. The van der Waals surface area contributed by atoms with Crippen molar-refractivity contribution in [3.63, 3.8) is 0 Å². The summed E-state index contributed by atoms with van der Waals surface area (Å²) in [6.45, 7) is 0. The zero-order chi connectivity index (χ0) is 19.1. The third kappa shape index (κ3) is 3.04. The summed E-state index contributed by atoms with van der Waals surface area (Å²) in [6.07, 6.45) is -3.72. The summed E-state index contributed by atoms with van der Waals surface area (Å²) in [4.78, 5) is 12.7. The third-order valence-corrected chi connectivity index (χ3v) is 4.57. The molecule has 1 aromatic carbocycles. The molecule has 4 nitrogen and oxygen atoms in total. The summed E-state index contributed by atoms with van der Waals surface area (Å²) in [5, 5.41) is 9.77. The maximum Gasteiger partial charge on any atom is 0.433 e. The van der Waals surface area contributed by atoms with Gasteiger partial charge >= 0.3 is 6.18 Å². The van der Waals surface area contributed by atoms with Gasteiger partial charge in [-0.25, -0.2) is 0 Å². The highest BCUT2D eigenvalue weighted by Gasteiger charge is 2.43. The lowest BCUT2D eigenvalue weighted by Gasteiger charge is -2.13. The first kappa shape index (κ1) is 18.3. The van der Waals surface area contributed by atoms with Crippen molar-refractivity contribution in [3.8, 4) is 17.3 Å². The summed E-state index contributed by atoms with van der Waals surface area (Å²) >= 11 is 8.64. The van der Waals surface area contributed by atoms with Crippen LogP contribution in [0.15, 0.2) is 51.6 Å². The summed E-state index contributed by atoms with van der Waals surface area (Å²) in [5.41, 5.74) is -1.59. The van der Waals surface area contributed by atoms with E-state index in [1.54, 1.807) is 6.07 Å². The van der Waals surface area contributed by atoms with Crippen LogP contribution in [0.5, 0.6) is 0 Å². The van der Waals surface area contributed by atoms with Crippen molar-refractivity contribution in [2.24, 2.45) is 0 Å². The smallest absolute Gasteiger partial charge is 0.433 e. The van der Waals surface area contributed by atoms with E-state index in [-0.39, 0.29) is 22.6 Å². The maximum atomic E-state index is 13.7. The second kappa shape index (κ2) is 6.67. The van der Waals surface area contributed by atoms with E-state index in [4.69, 9.17) is 16.0 Å². The van der Waals surface area contributed by atoms with Gasteiger partial charge < -0.3 is 4.42 Å². The molecule has 0 atom stereocenters. The molecule has 0 aliphatic rings. The number of nitriles is 1. The monoisotopic (exact) mass is 442 g/mol. The van der Waals surface area contributed by atoms with Crippen LogP contribution < -0.4 is 0 Å². The zero-order valence-electron chi connectivity index (χ0n) is 12.6. The number of hydrogen-bond acceptors (Lipinski definition) is 3. The lowest BCUT2D eigenvalue weighted by atomic mass is 10.1. The fourth-order valence-electron chi connectivity index (χ4n) is 2.49. The molecular formula is C17H7BrClF3N2O2. The Morgan fingerprint density at radius 2 is 1.88 bits per heavy atom. The predicted octanol–water partition coefficient (Wildman–Crippen LogP) is 5.74. The molecule has 0 unspecified atom stereocenters. The Balaban J connectivity index is 2.40. The Bertz CT molecular complexity index is 1020. The highest BCUT2D eigenvalue weighted by Crippen LogP contribution is 2.43. The molecule has 0 bridgehead atoms.